The van der Waals surface area contributed by atoms with Crippen molar-refractivity contribution < 1.29 is 13.2 Å². The van der Waals surface area contributed by atoms with Gasteiger partial charge in [-0.1, -0.05) is 29.8 Å². The van der Waals surface area contributed by atoms with Gasteiger partial charge in [0.1, 0.15) is 0 Å². The van der Waals surface area contributed by atoms with E-state index in [9.17, 15) is 13.2 Å². The van der Waals surface area contributed by atoms with Crippen LogP contribution < -0.4 is 11.5 Å². The van der Waals surface area contributed by atoms with Crippen LogP contribution in [0.1, 0.15) is 21.5 Å². The van der Waals surface area contributed by atoms with Crippen molar-refractivity contribution in [3.63, 3.8) is 0 Å². The highest BCUT2D eigenvalue weighted by atomic mass is 32.2. The van der Waals surface area contributed by atoms with E-state index in [0.29, 0.717) is 11.1 Å². The number of guanidine groups is 1. The first-order valence-corrected chi connectivity index (χ1v) is 9.04. The molecule has 1 amide bonds. The molecule has 0 saturated carbocycles. The van der Waals surface area contributed by atoms with Gasteiger partial charge in [0.15, 0.2) is 15.8 Å². The third-order valence-electron chi connectivity index (χ3n) is 3.55. The number of aryl methyl sites for hydroxylation is 2. The summed E-state index contributed by atoms with van der Waals surface area (Å²) in [7, 11) is -3.56. The maximum absolute atomic E-state index is 12.2. The fourth-order valence-corrected chi connectivity index (χ4v) is 3.27. The van der Waals surface area contributed by atoms with E-state index in [1.807, 2.05) is 31.2 Å². The Morgan fingerprint density at radius 3 is 2.12 bits per heavy atom. The first-order chi connectivity index (χ1) is 11.1. The second-order valence-electron chi connectivity index (χ2n) is 5.64. The second-order valence-corrected chi connectivity index (χ2v) is 7.63. The van der Waals surface area contributed by atoms with Crippen molar-refractivity contribution in [1.29, 1.82) is 0 Å². The fraction of sp³-hybridized carbons (Fsp3) is 0.176. The van der Waals surface area contributed by atoms with E-state index in [1.165, 1.54) is 6.07 Å². The number of aliphatic imine (C=N–C) groups is 1. The van der Waals surface area contributed by atoms with Crippen LogP contribution in [0.15, 0.2) is 46.3 Å². The van der Waals surface area contributed by atoms with Crippen LogP contribution in [-0.2, 0) is 9.84 Å². The molecule has 2 rings (SSSR count). The lowest BCUT2D eigenvalue weighted by Crippen LogP contribution is -2.24. The molecule has 0 heterocycles. The topological polar surface area (TPSA) is 116 Å². The Balaban J connectivity index is 2.74. The number of hydrogen-bond acceptors (Lipinski definition) is 3. The molecule has 126 valence electrons. The van der Waals surface area contributed by atoms with Crippen molar-refractivity contribution in [3.05, 3.63) is 53.1 Å². The average Bonchev–Trinajstić information content (AvgIpc) is 2.45. The van der Waals surface area contributed by atoms with Crippen molar-refractivity contribution in [1.82, 2.24) is 0 Å². The van der Waals surface area contributed by atoms with Crippen LogP contribution >= 0.6 is 0 Å². The van der Waals surface area contributed by atoms with Crippen molar-refractivity contribution in [3.8, 4) is 11.1 Å². The molecule has 2 aromatic rings. The molecule has 0 radical (unpaired) electrons. The monoisotopic (exact) mass is 345 g/mol. The summed E-state index contributed by atoms with van der Waals surface area (Å²) in [5.41, 5.74) is 13.6. The van der Waals surface area contributed by atoms with Gasteiger partial charge in [-0.05, 0) is 37.1 Å². The van der Waals surface area contributed by atoms with Gasteiger partial charge in [-0.2, -0.15) is 4.99 Å². The predicted octanol–water partition coefficient (Wildman–Crippen LogP) is 1.79. The first kappa shape index (κ1) is 17.7. The highest BCUT2D eigenvalue weighted by Crippen LogP contribution is 2.31. The largest absolute Gasteiger partial charge is 0.370 e. The van der Waals surface area contributed by atoms with Crippen molar-refractivity contribution >= 4 is 21.7 Å². The Morgan fingerprint density at radius 1 is 1.04 bits per heavy atom. The van der Waals surface area contributed by atoms with Gasteiger partial charge in [0, 0.05) is 17.4 Å². The Labute approximate surface area is 141 Å². The predicted molar refractivity (Wildman–Crippen MR) is 94.6 cm³/mol. The minimum atomic E-state index is -3.56. The van der Waals surface area contributed by atoms with Gasteiger partial charge in [0.25, 0.3) is 5.91 Å². The second kappa shape index (κ2) is 6.45. The Morgan fingerprint density at radius 2 is 1.62 bits per heavy atom. The zero-order valence-electron chi connectivity index (χ0n) is 13.7. The minimum absolute atomic E-state index is 0.0612. The van der Waals surface area contributed by atoms with Crippen molar-refractivity contribution in [2.45, 2.75) is 18.7 Å². The minimum Gasteiger partial charge on any atom is -0.370 e. The molecule has 0 unspecified atom stereocenters. The van der Waals surface area contributed by atoms with Crippen LogP contribution in [0.3, 0.4) is 0 Å². The molecule has 0 aromatic heterocycles. The molecular formula is C17H19N3O3S. The molecule has 0 fully saturated rings. The number of hydrogen-bond donors (Lipinski definition) is 2. The number of amides is 1. The number of carbonyl (C=O) groups excluding carboxylic acids is 1. The summed E-state index contributed by atoms with van der Waals surface area (Å²) in [5.74, 6) is -1.05. The van der Waals surface area contributed by atoms with Crippen LogP contribution in [-0.4, -0.2) is 26.5 Å². The van der Waals surface area contributed by atoms with E-state index in [0.717, 1.165) is 17.4 Å². The molecule has 24 heavy (non-hydrogen) atoms. The quantitative estimate of drug-likeness (QED) is 0.650. The normalized spacial score (nSPS) is 11.1. The third kappa shape index (κ3) is 3.80. The molecule has 0 bridgehead atoms. The van der Waals surface area contributed by atoms with Crippen LogP contribution in [0.5, 0.6) is 0 Å². The molecule has 0 atom stereocenters. The molecule has 6 nitrogen and oxygen atoms in total. The van der Waals surface area contributed by atoms with Crippen LogP contribution in [0.4, 0.5) is 0 Å². The summed E-state index contributed by atoms with van der Waals surface area (Å²) >= 11 is 0. The lowest BCUT2D eigenvalue weighted by molar-refractivity contribution is 0.100. The molecule has 0 aliphatic carbocycles. The van der Waals surface area contributed by atoms with Gasteiger partial charge >= 0.3 is 0 Å². The Hall–Kier alpha value is -2.67. The Bertz CT molecular complexity index is 926. The lowest BCUT2D eigenvalue weighted by atomic mass is 9.98. The molecule has 2 aromatic carbocycles. The van der Waals surface area contributed by atoms with Gasteiger partial charge in [-0.3, -0.25) is 4.79 Å². The summed E-state index contributed by atoms with van der Waals surface area (Å²) in [6.45, 7) is 3.66. The summed E-state index contributed by atoms with van der Waals surface area (Å²) in [4.78, 5) is 15.7. The highest BCUT2D eigenvalue weighted by molar-refractivity contribution is 7.90. The zero-order valence-corrected chi connectivity index (χ0v) is 14.5. The molecule has 0 aliphatic rings. The number of rotatable bonds is 3. The number of nitrogens with two attached hydrogens (primary N) is 2. The van der Waals surface area contributed by atoms with Crippen molar-refractivity contribution in [2.75, 3.05) is 6.26 Å². The molecule has 0 saturated heterocycles. The molecule has 0 spiro atoms. The van der Waals surface area contributed by atoms with Gasteiger partial charge in [0.05, 0.1) is 4.90 Å². The number of benzene rings is 2. The maximum atomic E-state index is 12.2. The number of carbonyl (C=O) groups is 1. The lowest BCUT2D eigenvalue weighted by Gasteiger charge is -2.13. The highest BCUT2D eigenvalue weighted by Gasteiger charge is 2.20. The molecule has 0 aliphatic heterocycles. The SMILES string of the molecule is Cc1ccc(-c2cc(C)c(C(=O)N=C(N)N)cc2S(C)(=O)=O)cc1. The zero-order chi connectivity index (χ0) is 18.1. The van der Waals surface area contributed by atoms with E-state index < -0.39 is 15.7 Å². The standard InChI is InChI=1S/C17H19N3O3S/c1-10-4-6-12(7-5-10)14-8-11(2)13(16(21)20-17(18)19)9-15(14)24(3,22)23/h4-9H,1-3H3,(H4,18,19,20,21). The molecule has 4 N–H and O–H groups in total. The van der Waals surface area contributed by atoms with Gasteiger partial charge in [0.2, 0.25) is 0 Å². The summed E-state index contributed by atoms with van der Waals surface area (Å²) in [6.07, 6.45) is 1.10. The van der Waals surface area contributed by atoms with Crippen LogP contribution in [0, 0.1) is 13.8 Å². The van der Waals surface area contributed by atoms with E-state index in [1.54, 1.807) is 13.0 Å². The van der Waals surface area contributed by atoms with E-state index in [4.69, 9.17) is 11.5 Å². The first-order valence-electron chi connectivity index (χ1n) is 7.15. The maximum Gasteiger partial charge on any atom is 0.280 e. The van der Waals surface area contributed by atoms with E-state index in [2.05, 4.69) is 4.99 Å². The summed E-state index contributed by atoms with van der Waals surface area (Å²) in [6, 6.07) is 10.5. The van der Waals surface area contributed by atoms with E-state index in [-0.39, 0.29) is 16.4 Å². The van der Waals surface area contributed by atoms with Crippen LogP contribution in [0.2, 0.25) is 0 Å². The van der Waals surface area contributed by atoms with E-state index >= 15 is 0 Å². The Kier molecular flexibility index (Phi) is 4.75. The number of sulfone groups is 1. The number of nitrogens with zero attached hydrogens (tertiary/aromatic N) is 1. The fourth-order valence-electron chi connectivity index (χ4n) is 2.36. The molecular weight excluding hydrogens is 326 g/mol. The summed E-state index contributed by atoms with van der Waals surface area (Å²) < 4.78 is 24.4. The van der Waals surface area contributed by atoms with Crippen LogP contribution in [0.25, 0.3) is 11.1 Å². The smallest absolute Gasteiger partial charge is 0.280 e. The van der Waals surface area contributed by atoms with Gasteiger partial charge < -0.3 is 11.5 Å². The third-order valence-corrected chi connectivity index (χ3v) is 4.69. The summed E-state index contributed by atoms with van der Waals surface area (Å²) in [5, 5.41) is 0. The molecule has 7 heteroatoms. The van der Waals surface area contributed by atoms with Crippen molar-refractivity contribution in [2.24, 2.45) is 16.5 Å². The average molecular weight is 345 g/mol. The van der Waals surface area contributed by atoms with Gasteiger partial charge in [-0.15, -0.1) is 0 Å². The van der Waals surface area contributed by atoms with Gasteiger partial charge in [-0.25, -0.2) is 8.42 Å².